The summed E-state index contributed by atoms with van der Waals surface area (Å²) in [4.78, 5) is 27.4. The van der Waals surface area contributed by atoms with Crippen molar-refractivity contribution in [2.45, 2.75) is 44.7 Å². The van der Waals surface area contributed by atoms with Crippen molar-refractivity contribution < 1.29 is 4.92 Å². The Morgan fingerprint density at radius 2 is 1.86 bits per heavy atom. The van der Waals surface area contributed by atoms with Gasteiger partial charge in [0.25, 0.3) is 5.69 Å². The number of rotatable bonds is 6. The van der Waals surface area contributed by atoms with E-state index in [1.165, 1.54) is 5.56 Å². The van der Waals surface area contributed by atoms with E-state index in [1.54, 1.807) is 24.5 Å². The third-order valence-electron chi connectivity index (χ3n) is 5.64. The van der Waals surface area contributed by atoms with E-state index in [9.17, 15) is 10.1 Å². The highest BCUT2D eigenvalue weighted by Crippen LogP contribution is 2.39. The molecule has 0 radical (unpaired) electrons. The van der Waals surface area contributed by atoms with Gasteiger partial charge >= 0.3 is 0 Å². The minimum Gasteiger partial charge on any atom is -0.349 e. The monoisotopic (exact) mass is 387 g/mol. The molecule has 0 unspecified atom stereocenters. The molecule has 0 N–H and O–H groups in total. The molecule has 2 aliphatic rings. The van der Waals surface area contributed by atoms with Crippen molar-refractivity contribution in [1.82, 2.24) is 15.0 Å². The summed E-state index contributed by atoms with van der Waals surface area (Å²) in [5.41, 5.74) is 4.14. The third-order valence-corrected chi connectivity index (χ3v) is 5.64. The summed E-state index contributed by atoms with van der Waals surface area (Å²) in [7, 11) is 0. The average molecular weight is 387 g/mol. The van der Waals surface area contributed by atoms with Gasteiger partial charge in [0.15, 0.2) is 5.82 Å². The number of anilines is 1. The normalized spacial score (nSPS) is 15.2. The van der Waals surface area contributed by atoms with Gasteiger partial charge in [-0.15, -0.1) is 0 Å². The van der Waals surface area contributed by atoms with E-state index in [0.29, 0.717) is 18.4 Å². The largest absolute Gasteiger partial charge is 0.349 e. The fourth-order valence-corrected chi connectivity index (χ4v) is 4.05. The number of nitro groups is 1. The van der Waals surface area contributed by atoms with Crippen LogP contribution in [0, 0.1) is 10.1 Å². The number of nitro benzene ring substituents is 1. The maximum Gasteiger partial charge on any atom is 0.274 e. The molecule has 0 bridgehead atoms. The molecule has 0 saturated heterocycles. The Labute approximate surface area is 168 Å². The Kier molecular flexibility index (Phi) is 4.42. The van der Waals surface area contributed by atoms with Crippen LogP contribution in [0.3, 0.4) is 0 Å². The van der Waals surface area contributed by atoms with E-state index >= 15 is 0 Å². The molecule has 0 amide bonds. The van der Waals surface area contributed by atoms with E-state index in [0.717, 1.165) is 54.7 Å². The van der Waals surface area contributed by atoms with Crippen LogP contribution in [0.15, 0.2) is 48.8 Å². The van der Waals surface area contributed by atoms with Gasteiger partial charge in [0.1, 0.15) is 5.82 Å². The molecule has 0 aliphatic heterocycles. The maximum absolute atomic E-state index is 11.5. The molecular formula is C22H21N5O2. The number of pyridine rings is 1. The van der Waals surface area contributed by atoms with Crippen molar-refractivity contribution in [1.29, 1.82) is 0 Å². The fourth-order valence-electron chi connectivity index (χ4n) is 4.05. The van der Waals surface area contributed by atoms with Gasteiger partial charge in [-0.2, -0.15) is 0 Å². The van der Waals surface area contributed by atoms with Crippen LogP contribution in [-0.4, -0.2) is 25.9 Å². The van der Waals surface area contributed by atoms with Crippen molar-refractivity contribution in [3.05, 3.63) is 75.7 Å². The lowest BCUT2D eigenvalue weighted by atomic mass is 10.1. The maximum atomic E-state index is 11.5. The highest BCUT2D eigenvalue weighted by Gasteiger charge is 2.34. The summed E-state index contributed by atoms with van der Waals surface area (Å²) in [6.07, 6.45) is 8.65. The SMILES string of the molecule is O=[N+]([O-])c1ccccc1CN(c1nc(-c2ccncc2)nc2c1CCC2)C1CC1. The molecular weight excluding hydrogens is 366 g/mol. The van der Waals surface area contributed by atoms with Gasteiger partial charge in [-0.3, -0.25) is 15.1 Å². The van der Waals surface area contributed by atoms with Crippen molar-refractivity contribution in [2.24, 2.45) is 0 Å². The molecule has 1 aromatic carbocycles. The summed E-state index contributed by atoms with van der Waals surface area (Å²) < 4.78 is 0. The summed E-state index contributed by atoms with van der Waals surface area (Å²) in [6.45, 7) is 0.487. The minimum absolute atomic E-state index is 0.165. The molecule has 1 saturated carbocycles. The van der Waals surface area contributed by atoms with E-state index in [2.05, 4.69) is 9.88 Å². The first kappa shape index (κ1) is 17.7. The first-order valence-corrected chi connectivity index (χ1v) is 10.00. The Balaban J connectivity index is 1.59. The van der Waals surface area contributed by atoms with Gasteiger partial charge in [-0.05, 0) is 44.2 Å². The topological polar surface area (TPSA) is 85.0 Å². The van der Waals surface area contributed by atoms with Crippen molar-refractivity contribution in [3.8, 4) is 11.4 Å². The molecule has 3 aromatic rings. The zero-order valence-electron chi connectivity index (χ0n) is 16.0. The Hall–Kier alpha value is -3.35. The summed E-state index contributed by atoms with van der Waals surface area (Å²) >= 11 is 0. The highest BCUT2D eigenvalue weighted by molar-refractivity contribution is 5.62. The van der Waals surface area contributed by atoms with Crippen molar-refractivity contribution in [3.63, 3.8) is 0 Å². The predicted molar refractivity (Wildman–Crippen MR) is 110 cm³/mol. The zero-order valence-corrected chi connectivity index (χ0v) is 16.0. The van der Waals surface area contributed by atoms with Crippen molar-refractivity contribution >= 4 is 11.5 Å². The lowest BCUT2D eigenvalue weighted by Gasteiger charge is -2.26. The Morgan fingerprint density at radius 3 is 2.62 bits per heavy atom. The number of benzene rings is 1. The molecule has 7 heteroatoms. The van der Waals surface area contributed by atoms with Crippen LogP contribution in [0.5, 0.6) is 0 Å². The van der Waals surface area contributed by atoms with Crippen molar-refractivity contribution in [2.75, 3.05) is 4.90 Å². The number of aromatic nitrogens is 3. The fraction of sp³-hybridized carbons (Fsp3) is 0.318. The van der Waals surface area contributed by atoms with E-state index in [4.69, 9.17) is 9.97 Å². The van der Waals surface area contributed by atoms with Crippen LogP contribution in [0.2, 0.25) is 0 Å². The van der Waals surface area contributed by atoms with Crippen LogP contribution < -0.4 is 4.90 Å². The van der Waals surface area contributed by atoms with Crippen LogP contribution in [0.4, 0.5) is 11.5 Å². The van der Waals surface area contributed by atoms with Gasteiger partial charge in [0.2, 0.25) is 0 Å². The average Bonchev–Trinajstić information content (AvgIpc) is 3.48. The van der Waals surface area contributed by atoms with E-state index in [-0.39, 0.29) is 10.6 Å². The Morgan fingerprint density at radius 1 is 1.07 bits per heavy atom. The number of aryl methyl sites for hydroxylation is 1. The third kappa shape index (κ3) is 3.44. The number of nitrogens with zero attached hydrogens (tertiary/aromatic N) is 5. The second kappa shape index (κ2) is 7.24. The molecule has 5 rings (SSSR count). The lowest BCUT2D eigenvalue weighted by Crippen LogP contribution is -2.28. The standard InChI is InChI=1S/C22H21N5O2/c28-27(29)20-7-2-1-4-16(20)14-26(17-8-9-17)22-18-5-3-6-19(18)24-21(25-22)15-10-12-23-13-11-15/h1-2,4,7,10-13,17H,3,5-6,8-9,14H2. The second-order valence-corrected chi connectivity index (χ2v) is 7.63. The number of fused-ring (bicyclic) bond motifs is 1. The summed E-state index contributed by atoms with van der Waals surface area (Å²) in [5, 5.41) is 11.5. The molecule has 146 valence electrons. The number of para-hydroxylation sites is 1. The molecule has 1 fully saturated rings. The van der Waals surface area contributed by atoms with E-state index in [1.807, 2.05) is 24.3 Å². The van der Waals surface area contributed by atoms with Crippen LogP contribution in [0.1, 0.15) is 36.1 Å². The highest BCUT2D eigenvalue weighted by atomic mass is 16.6. The van der Waals surface area contributed by atoms with Gasteiger partial charge in [0.05, 0.1) is 11.5 Å². The van der Waals surface area contributed by atoms with Gasteiger partial charge < -0.3 is 4.90 Å². The first-order chi connectivity index (χ1) is 14.2. The molecule has 29 heavy (non-hydrogen) atoms. The summed E-state index contributed by atoms with van der Waals surface area (Å²) in [5.74, 6) is 1.65. The quantitative estimate of drug-likeness (QED) is 0.467. The molecule has 2 heterocycles. The van der Waals surface area contributed by atoms with Gasteiger partial charge in [0, 0.05) is 46.9 Å². The molecule has 7 nitrogen and oxygen atoms in total. The van der Waals surface area contributed by atoms with Crippen LogP contribution >= 0.6 is 0 Å². The van der Waals surface area contributed by atoms with Crippen LogP contribution in [-0.2, 0) is 19.4 Å². The first-order valence-electron chi connectivity index (χ1n) is 10.00. The van der Waals surface area contributed by atoms with E-state index < -0.39 is 0 Å². The minimum atomic E-state index is -0.298. The lowest BCUT2D eigenvalue weighted by molar-refractivity contribution is -0.385. The van der Waals surface area contributed by atoms with Gasteiger partial charge in [-0.1, -0.05) is 18.2 Å². The molecule has 0 spiro atoms. The molecule has 2 aromatic heterocycles. The smallest absolute Gasteiger partial charge is 0.274 e. The zero-order chi connectivity index (χ0) is 19.8. The predicted octanol–water partition coefficient (Wildman–Crippen LogP) is 4.10. The molecule has 0 atom stereocenters. The number of hydrogen-bond acceptors (Lipinski definition) is 6. The number of hydrogen-bond donors (Lipinski definition) is 0. The molecule has 2 aliphatic carbocycles. The van der Waals surface area contributed by atoms with Gasteiger partial charge in [-0.25, -0.2) is 9.97 Å². The summed E-state index contributed by atoms with van der Waals surface area (Å²) in [6, 6.07) is 11.2. The second-order valence-electron chi connectivity index (χ2n) is 7.63. The Bertz CT molecular complexity index is 1070. The van der Waals surface area contributed by atoms with Crippen LogP contribution in [0.25, 0.3) is 11.4 Å².